The fourth-order valence-electron chi connectivity index (χ4n) is 2.37. The molecule has 0 amide bonds. The number of nitrogens with one attached hydrogen (secondary N) is 1. The zero-order valence-electron chi connectivity index (χ0n) is 12.6. The van der Waals surface area contributed by atoms with Crippen LogP contribution in [-0.4, -0.2) is 28.6 Å². The van der Waals surface area contributed by atoms with Gasteiger partial charge in [-0.15, -0.1) is 5.10 Å². The molecule has 0 fully saturated rings. The lowest BCUT2D eigenvalue weighted by Crippen LogP contribution is -2.23. The molecule has 5 heteroatoms. The molecule has 0 saturated carbocycles. The predicted octanol–water partition coefficient (Wildman–Crippen LogP) is 2.03. The molecule has 1 heterocycles. The van der Waals surface area contributed by atoms with Crippen LogP contribution in [0.3, 0.4) is 0 Å². The normalized spacial score (nSPS) is 12.4. The molecule has 1 atom stereocenters. The Hall–Kier alpha value is -1.88. The van der Waals surface area contributed by atoms with Crippen LogP contribution in [0.4, 0.5) is 0 Å². The zero-order chi connectivity index (χ0) is 14.5. The average molecular weight is 274 g/mol. The van der Waals surface area contributed by atoms with Crippen molar-refractivity contribution in [3.05, 3.63) is 41.2 Å². The third-order valence-corrected chi connectivity index (χ3v) is 3.34. The summed E-state index contributed by atoms with van der Waals surface area (Å²) in [6.07, 6.45) is 2.79. The standard InChI is InChI=1S/C15H22N4O/c1-5-16-14(9-13-10-19(3)18-17-13)12-6-7-15(20-4)11(2)8-12/h6-8,10,14,16H,5,9H2,1-4H3. The Bertz CT molecular complexity index is 565. The summed E-state index contributed by atoms with van der Waals surface area (Å²) in [5, 5.41) is 11.7. The van der Waals surface area contributed by atoms with E-state index in [0.29, 0.717) is 0 Å². The minimum absolute atomic E-state index is 0.237. The Morgan fingerprint density at radius 3 is 2.75 bits per heavy atom. The SMILES string of the molecule is CCNC(Cc1cn(C)nn1)c1ccc(OC)c(C)c1. The Labute approximate surface area is 120 Å². The van der Waals surface area contributed by atoms with Gasteiger partial charge in [-0.1, -0.05) is 24.3 Å². The van der Waals surface area contributed by atoms with Gasteiger partial charge in [-0.25, -0.2) is 0 Å². The van der Waals surface area contributed by atoms with Crippen LogP contribution in [0.15, 0.2) is 24.4 Å². The molecule has 0 radical (unpaired) electrons. The number of nitrogens with zero attached hydrogens (tertiary/aromatic N) is 3. The maximum atomic E-state index is 5.32. The molecule has 1 unspecified atom stereocenters. The molecule has 0 bridgehead atoms. The minimum atomic E-state index is 0.237. The van der Waals surface area contributed by atoms with Crippen LogP contribution in [0.2, 0.25) is 0 Å². The van der Waals surface area contributed by atoms with E-state index in [1.165, 1.54) is 5.56 Å². The molecule has 2 aromatic rings. The Balaban J connectivity index is 2.21. The Kier molecular flexibility index (Phi) is 4.74. The zero-order valence-corrected chi connectivity index (χ0v) is 12.6. The van der Waals surface area contributed by atoms with Gasteiger partial charge < -0.3 is 10.1 Å². The number of rotatable bonds is 6. The highest BCUT2D eigenvalue weighted by atomic mass is 16.5. The lowest BCUT2D eigenvalue weighted by atomic mass is 10.00. The molecule has 0 aliphatic heterocycles. The van der Waals surface area contributed by atoms with Gasteiger partial charge in [0.25, 0.3) is 0 Å². The van der Waals surface area contributed by atoms with Crippen LogP contribution < -0.4 is 10.1 Å². The van der Waals surface area contributed by atoms with Gasteiger partial charge in [-0.2, -0.15) is 0 Å². The number of likely N-dealkylation sites (N-methyl/N-ethyl adjacent to an activating group) is 1. The Morgan fingerprint density at radius 1 is 1.40 bits per heavy atom. The smallest absolute Gasteiger partial charge is 0.121 e. The van der Waals surface area contributed by atoms with Crippen molar-refractivity contribution in [3.63, 3.8) is 0 Å². The number of benzene rings is 1. The lowest BCUT2D eigenvalue weighted by molar-refractivity contribution is 0.411. The molecule has 1 aromatic carbocycles. The number of hydrogen-bond acceptors (Lipinski definition) is 4. The summed E-state index contributed by atoms with van der Waals surface area (Å²) in [6.45, 7) is 5.09. The van der Waals surface area contributed by atoms with Crippen LogP contribution >= 0.6 is 0 Å². The molecule has 0 aliphatic carbocycles. The first-order valence-corrected chi connectivity index (χ1v) is 6.87. The second kappa shape index (κ2) is 6.52. The first kappa shape index (κ1) is 14.5. The van der Waals surface area contributed by atoms with E-state index in [0.717, 1.165) is 30.0 Å². The number of aromatic nitrogens is 3. The highest BCUT2D eigenvalue weighted by Crippen LogP contribution is 2.24. The monoisotopic (exact) mass is 274 g/mol. The molecular formula is C15H22N4O. The summed E-state index contributed by atoms with van der Waals surface area (Å²) in [5.41, 5.74) is 3.38. The van der Waals surface area contributed by atoms with Crippen molar-refractivity contribution in [2.45, 2.75) is 26.3 Å². The van der Waals surface area contributed by atoms with E-state index in [-0.39, 0.29) is 6.04 Å². The van der Waals surface area contributed by atoms with E-state index in [4.69, 9.17) is 4.74 Å². The topological polar surface area (TPSA) is 52.0 Å². The summed E-state index contributed by atoms with van der Waals surface area (Å²) in [7, 11) is 3.58. The first-order chi connectivity index (χ1) is 9.63. The fourth-order valence-corrected chi connectivity index (χ4v) is 2.37. The lowest BCUT2D eigenvalue weighted by Gasteiger charge is -2.18. The summed E-state index contributed by atoms with van der Waals surface area (Å²) < 4.78 is 7.05. The molecular weight excluding hydrogens is 252 g/mol. The van der Waals surface area contributed by atoms with E-state index in [1.54, 1.807) is 11.8 Å². The van der Waals surface area contributed by atoms with Crippen molar-refractivity contribution >= 4 is 0 Å². The molecule has 0 saturated heterocycles. The molecule has 0 spiro atoms. The summed E-state index contributed by atoms with van der Waals surface area (Å²) >= 11 is 0. The van der Waals surface area contributed by atoms with Gasteiger partial charge in [0.2, 0.25) is 0 Å². The average Bonchev–Trinajstić information content (AvgIpc) is 2.83. The first-order valence-electron chi connectivity index (χ1n) is 6.87. The maximum Gasteiger partial charge on any atom is 0.121 e. The van der Waals surface area contributed by atoms with Crippen LogP contribution in [0, 0.1) is 6.92 Å². The molecule has 1 N–H and O–H groups in total. The van der Waals surface area contributed by atoms with Crippen molar-refractivity contribution in [2.75, 3.05) is 13.7 Å². The van der Waals surface area contributed by atoms with Crippen LogP contribution in [-0.2, 0) is 13.5 Å². The number of ether oxygens (including phenoxy) is 1. The van der Waals surface area contributed by atoms with E-state index < -0.39 is 0 Å². The minimum Gasteiger partial charge on any atom is -0.496 e. The molecule has 1 aromatic heterocycles. The van der Waals surface area contributed by atoms with Gasteiger partial charge in [0.1, 0.15) is 5.75 Å². The summed E-state index contributed by atoms with van der Waals surface area (Å²) in [6, 6.07) is 6.53. The quantitative estimate of drug-likeness (QED) is 0.875. The second-order valence-electron chi connectivity index (χ2n) is 4.93. The van der Waals surface area contributed by atoms with Gasteiger partial charge >= 0.3 is 0 Å². The fraction of sp³-hybridized carbons (Fsp3) is 0.467. The van der Waals surface area contributed by atoms with Crippen LogP contribution in [0.1, 0.15) is 29.8 Å². The van der Waals surface area contributed by atoms with Crippen molar-refractivity contribution < 1.29 is 4.74 Å². The largest absolute Gasteiger partial charge is 0.496 e. The van der Waals surface area contributed by atoms with E-state index in [2.05, 4.69) is 41.6 Å². The second-order valence-corrected chi connectivity index (χ2v) is 4.93. The van der Waals surface area contributed by atoms with E-state index in [1.807, 2.05) is 19.3 Å². The van der Waals surface area contributed by atoms with Crippen LogP contribution in [0.5, 0.6) is 5.75 Å². The highest BCUT2D eigenvalue weighted by molar-refractivity contribution is 5.37. The van der Waals surface area contributed by atoms with Crippen molar-refractivity contribution in [3.8, 4) is 5.75 Å². The predicted molar refractivity (Wildman–Crippen MR) is 78.9 cm³/mol. The van der Waals surface area contributed by atoms with Crippen molar-refractivity contribution in [1.29, 1.82) is 0 Å². The number of methoxy groups -OCH3 is 1. The highest BCUT2D eigenvalue weighted by Gasteiger charge is 2.14. The van der Waals surface area contributed by atoms with Gasteiger partial charge in [0.05, 0.1) is 12.8 Å². The molecule has 20 heavy (non-hydrogen) atoms. The van der Waals surface area contributed by atoms with Gasteiger partial charge in [-0.05, 0) is 30.7 Å². The molecule has 2 rings (SSSR count). The maximum absolute atomic E-state index is 5.32. The van der Waals surface area contributed by atoms with E-state index in [9.17, 15) is 0 Å². The van der Waals surface area contributed by atoms with Gasteiger partial charge in [0.15, 0.2) is 0 Å². The van der Waals surface area contributed by atoms with E-state index >= 15 is 0 Å². The van der Waals surface area contributed by atoms with Gasteiger partial charge in [0, 0.05) is 25.7 Å². The summed E-state index contributed by atoms with van der Waals surface area (Å²) in [4.78, 5) is 0. The molecule has 0 aliphatic rings. The third kappa shape index (κ3) is 3.36. The van der Waals surface area contributed by atoms with Crippen molar-refractivity contribution in [1.82, 2.24) is 20.3 Å². The number of aryl methyl sites for hydroxylation is 2. The third-order valence-electron chi connectivity index (χ3n) is 3.34. The van der Waals surface area contributed by atoms with Gasteiger partial charge in [-0.3, -0.25) is 4.68 Å². The summed E-state index contributed by atoms with van der Waals surface area (Å²) in [5.74, 6) is 0.920. The Morgan fingerprint density at radius 2 is 2.20 bits per heavy atom. The molecule has 5 nitrogen and oxygen atoms in total. The number of hydrogen-bond donors (Lipinski definition) is 1. The molecule has 108 valence electrons. The van der Waals surface area contributed by atoms with Crippen LogP contribution in [0.25, 0.3) is 0 Å². The van der Waals surface area contributed by atoms with Crippen molar-refractivity contribution in [2.24, 2.45) is 7.05 Å².